The van der Waals surface area contributed by atoms with E-state index < -0.39 is 17.5 Å². The van der Waals surface area contributed by atoms with Crippen molar-refractivity contribution >= 4 is 23.5 Å². The molecule has 0 saturated heterocycles. The van der Waals surface area contributed by atoms with Crippen LogP contribution in [0.1, 0.15) is 46.0 Å². The summed E-state index contributed by atoms with van der Waals surface area (Å²) >= 11 is 0. The number of nitrogens with two attached hydrogens (primary N) is 1. The van der Waals surface area contributed by atoms with E-state index in [0.29, 0.717) is 18.5 Å². The van der Waals surface area contributed by atoms with Gasteiger partial charge >= 0.3 is 6.03 Å². The van der Waals surface area contributed by atoms with E-state index in [4.69, 9.17) is 5.73 Å². The molecule has 1 aliphatic carbocycles. The third kappa shape index (κ3) is 5.19. The molecule has 1 fully saturated rings. The molecule has 8 nitrogen and oxygen atoms in total. The number of amides is 4. The predicted octanol–water partition coefficient (Wildman–Crippen LogP) is 1.42. The van der Waals surface area contributed by atoms with Crippen molar-refractivity contribution in [1.29, 1.82) is 0 Å². The normalized spacial score (nSPS) is 15.8. The zero-order chi connectivity index (χ0) is 19.9. The molecule has 0 radical (unpaired) electrons. The molecule has 1 aliphatic rings. The van der Waals surface area contributed by atoms with Gasteiger partial charge in [0.25, 0.3) is 0 Å². The third-order valence-corrected chi connectivity index (χ3v) is 4.69. The zero-order valence-corrected chi connectivity index (χ0v) is 16.0. The Kier molecular flexibility index (Phi) is 7.18. The highest BCUT2D eigenvalue weighted by molar-refractivity contribution is 6.04. The Balaban J connectivity index is 2.19. The van der Waals surface area contributed by atoms with Crippen molar-refractivity contribution in [3.63, 3.8) is 0 Å². The summed E-state index contributed by atoms with van der Waals surface area (Å²) in [6.07, 6.45) is 3.75. The van der Waals surface area contributed by atoms with Crippen LogP contribution in [0, 0.1) is 0 Å². The first-order chi connectivity index (χ1) is 12.9. The fourth-order valence-electron chi connectivity index (χ4n) is 3.50. The Labute approximate surface area is 159 Å². The monoisotopic (exact) mass is 375 g/mol. The number of hydrogen-bond donors (Lipinski definition) is 4. The molecule has 0 unspecified atom stereocenters. The van der Waals surface area contributed by atoms with E-state index in [1.165, 1.54) is 4.90 Å². The Bertz CT molecular complexity index is 657. The maximum absolute atomic E-state index is 13.0. The molecule has 0 atom stereocenters. The Hall–Kier alpha value is -2.61. The fourth-order valence-corrected chi connectivity index (χ4v) is 3.50. The smallest absolute Gasteiger partial charge is 0.329 e. The number of para-hydroxylation sites is 1. The highest BCUT2D eigenvalue weighted by atomic mass is 16.2. The molecule has 1 saturated carbocycles. The predicted molar refractivity (Wildman–Crippen MR) is 104 cm³/mol. The van der Waals surface area contributed by atoms with Gasteiger partial charge in [0.15, 0.2) is 0 Å². The van der Waals surface area contributed by atoms with Crippen LogP contribution in [0.4, 0.5) is 10.5 Å². The van der Waals surface area contributed by atoms with Crippen molar-refractivity contribution in [2.75, 3.05) is 11.4 Å². The molecule has 0 spiro atoms. The van der Waals surface area contributed by atoms with E-state index in [9.17, 15) is 14.4 Å². The average molecular weight is 375 g/mol. The number of nitrogens with one attached hydrogen (secondary N) is 3. The van der Waals surface area contributed by atoms with Crippen LogP contribution < -0.4 is 26.8 Å². The van der Waals surface area contributed by atoms with E-state index >= 15 is 0 Å². The summed E-state index contributed by atoms with van der Waals surface area (Å²) in [5.74, 6) is -0.823. The summed E-state index contributed by atoms with van der Waals surface area (Å²) < 4.78 is 0. The SMILES string of the molecule is CC(C)NC(=O)NNCC(=O)N(c1ccccc1)C1(C(N)=O)CCCCC1. The zero-order valence-electron chi connectivity index (χ0n) is 16.0. The molecule has 1 aromatic carbocycles. The molecule has 0 bridgehead atoms. The van der Waals surface area contributed by atoms with Crippen LogP contribution in [-0.2, 0) is 9.59 Å². The number of carbonyl (C=O) groups excluding carboxylic acids is 3. The van der Waals surface area contributed by atoms with Crippen LogP contribution in [-0.4, -0.2) is 36.0 Å². The minimum atomic E-state index is -1.04. The standard InChI is InChI=1S/C19H29N5O3/c1-14(2)22-18(27)23-21-13-16(25)24(15-9-5-3-6-10-15)19(17(20)26)11-7-4-8-12-19/h3,5-6,9-10,14,21H,4,7-8,11-13H2,1-2H3,(H2,20,26)(H2,22,23,27). The van der Waals surface area contributed by atoms with Gasteiger partial charge in [-0.15, -0.1) is 0 Å². The first kappa shape index (κ1) is 20.7. The van der Waals surface area contributed by atoms with Gasteiger partial charge < -0.3 is 11.1 Å². The summed E-state index contributed by atoms with van der Waals surface area (Å²) in [5.41, 5.74) is 10.4. The number of primary amides is 1. The summed E-state index contributed by atoms with van der Waals surface area (Å²) in [4.78, 5) is 38.6. The molecule has 1 aromatic rings. The van der Waals surface area contributed by atoms with Crippen molar-refractivity contribution in [2.45, 2.75) is 57.5 Å². The Morgan fingerprint density at radius 3 is 2.30 bits per heavy atom. The van der Waals surface area contributed by atoms with Gasteiger partial charge in [0.05, 0.1) is 6.54 Å². The molecule has 5 N–H and O–H groups in total. The number of rotatable bonds is 7. The first-order valence-electron chi connectivity index (χ1n) is 9.34. The van der Waals surface area contributed by atoms with Gasteiger partial charge in [-0.05, 0) is 38.8 Å². The highest BCUT2D eigenvalue weighted by Gasteiger charge is 2.46. The van der Waals surface area contributed by atoms with Gasteiger partial charge in [-0.1, -0.05) is 37.5 Å². The van der Waals surface area contributed by atoms with Crippen LogP contribution in [0.25, 0.3) is 0 Å². The second-order valence-electron chi connectivity index (χ2n) is 7.13. The van der Waals surface area contributed by atoms with Crippen molar-refractivity contribution < 1.29 is 14.4 Å². The molecule has 0 aliphatic heterocycles. The average Bonchev–Trinajstić information content (AvgIpc) is 2.63. The largest absolute Gasteiger partial charge is 0.368 e. The van der Waals surface area contributed by atoms with Crippen LogP contribution in [0.3, 0.4) is 0 Å². The molecular weight excluding hydrogens is 346 g/mol. The number of hydrazine groups is 1. The lowest BCUT2D eigenvalue weighted by atomic mass is 9.79. The molecule has 0 heterocycles. The maximum Gasteiger partial charge on any atom is 0.329 e. The van der Waals surface area contributed by atoms with Crippen molar-refractivity contribution in [3.8, 4) is 0 Å². The van der Waals surface area contributed by atoms with Crippen molar-refractivity contribution in [2.24, 2.45) is 5.73 Å². The van der Waals surface area contributed by atoms with Crippen LogP contribution >= 0.6 is 0 Å². The molecule has 2 rings (SSSR count). The number of urea groups is 1. The number of carbonyl (C=O) groups is 3. The van der Waals surface area contributed by atoms with E-state index in [-0.39, 0.29) is 18.5 Å². The topological polar surface area (TPSA) is 117 Å². The lowest BCUT2D eigenvalue weighted by Gasteiger charge is -2.44. The second-order valence-corrected chi connectivity index (χ2v) is 7.13. The lowest BCUT2D eigenvalue weighted by molar-refractivity contribution is -0.129. The quantitative estimate of drug-likeness (QED) is 0.539. The van der Waals surface area contributed by atoms with Gasteiger partial charge in [0.2, 0.25) is 11.8 Å². The van der Waals surface area contributed by atoms with Gasteiger partial charge in [-0.2, -0.15) is 0 Å². The van der Waals surface area contributed by atoms with Gasteiger partial charge in [0, 0.05) is 11.7 Å². The third-order valence-electron chi connectivity index (χ3n) is 4.69. The molecule has 0 aromatic heterocycles. The number of nitrogens with zero attached hydrogens (tertiary/aromatic N) is 1. The van der Waals surface area contributed by atoms with Crippen molar-refractivity contribution in [1.82, 2.24) is 16.2 Å². The molecule has 148 valence electrons. The summed E-state index contributed by atoms with van der Waals surface area (Å²) in [6, 6.07) is 8.60. The van der Waals surface area contributed by atoms with Gasteiger partial charge in [-0.25, -0.2) is 10.2 Å². The summed E-state index contributed by atoms with van der Waals surface area (Å²) in [5, 5.41) is 2.65. The fraction of sp³-hybridized carbons (Fsp3) is 0.526. The number of anilines is 1. The number of benzene rings is 1. The van der Waals surface area contributed by atoms with Crippen LogP contribution in [0.15, 0.2) is 30.3 Å². The minimum Gasteiger partial charge on any atom is -0.368 e. The van der Waals surface area contributed by atoms with Gasteiger partial charge in [0.1, 0.15) is 5.54 Å². The molecule has 4 amide bonds. The Morgan fingerprint density at radius 1 is 1.11 bits per heavy atom. The van der Waals surface area contributed by atoms with E-state index in [1.54, 1.807) is 12.1 Å². The lowest BCUT2D eigenvalue weighted by Crippen LogP contribution is -2.63. The van der Waals surface area contributed by atoms with Gasteiger partial charge in [-0.3, -0.25) is 19.9 Å². The van der Waals surface area contributed by atoms with Crippen molar-refractivity contribution in [3.05, 3.63) is 30.3 Å². The molecule has 27 heavy (non-hydrogen) atoms. The molecule has 8 heteroatoms. The summed E-state index contributed by atoms with van der Waals surface area (Å²) in [6.45, 7) is 3.51. The summed E-state index contributed by atoms with van der Waals surface area (Å²) in [7, 11) is 0. The Morgan fingerprint density at radius 2 is 1.74 bits per heavy atom. The minimum absolute atomic E-state index is 0.0244. The van der Waals surface area contributed by atoms with Crippen LogP contribution in [0.2, 0.25) is 0 Å². The maximum atomic E-state index is 13.0. The molecular formula is C19H29N5O3. The first-order valence-corrected chi connectivity index (χ1v) is 9.34. The highest BCUT2D eigenvalue weighted by Crippen LogP contribution is 2.36. The van der Waals surface area contributed by atoms with E-state index in [1.807, 2.05) is 32.0 Å². The van der Waals surface area contributed by atoms with E-state index in [2.05, 4.69) is 16.2 Å². The van der Waals surface area contributed by atoms with E-state index in [0.717, 1.165) is 19.3 Å². The van der Waals surface area contributed by atoms with Crippen LogP contribution in [0.5, 0.6) is 0 Å². The number of hydrogen-bond acceptors (Lipinski definition) is 4. The second kappa shape index (κ2) is 9.36.